The van der Waals surface area contributed by atoms with E-state index < -0.39 is 0 Å². The molecular formula is C13H25NOS. The first-order valence-electron chi connectivity index (χ1n) is 6.82. The van der Waals surface area contributed by atoms with E-state index in [-0.39, 0.29) is 0 Å². The Morgan fingerprint density at radius 2 is 1.88 bits per heavy atom. The van der Waals surface area contributed by atoms with Gasteiger partial charge in [-0.05, 0) is 49.8 Å². The number of aliphatic hydroxyl groups is 1. The van der Waals surface area contributed by atoms with Gasteiger partial charge in [0.15, 0.2) is 0 Å². The first kappa shape index (κ1) is 12.7. The summed E-state index contributed by atoms with van der Waals surface area (Å²) in [4.78, 5) is 0. The minimum atomic E-state index is 0.395. The zero-order valence-electron chi connectivity index (χ0n) is 10.2. The molecule has 0 aromatic heterocycles. The summed E-state index contributed by atoms with van der Waals surface area (Å²) in [5, 5.41) is 13.1. The Morgan fingerprint density at radius 3 is 2.56 bits per heavy atom. The van der Waals surface area contributed by atoms with Gasteiger partial charge in [-0.25, -0.2) is 0 Å². The predicted molar refractivity (Wildman–Crippen MR) is 70.9 cm³/mol. The van der Waals surface area contributed by atoms with E-state index >= 15 is 0 Å². The van der Waals surface area contributed by atoms with Gasteiger partial charge >= 0.3 is 0 Å². The van der Waals surface area contributed by atoms with Crippen LogP contribution >= 0.6 is 11.8 Å². The van der Waals surface area contributed by atoms with Gasteiger partial charge in [-0.3, -0.25) is 0 Å². The van der Waals surface area contributed by atoms with Crippen LogP contribution < -0.4 is 5.32 Å². The van der Waals surface area contributed by atoms with Crippen LogP contribution in [-0.2, 0) is 0 Å². The molecule has 1 aliphatic heterocycles. The number of thioether (sulfide) groups is 1. The molecule has 3 heteroatoms. The lowest BCUT2D eigenvalue weighted by atomic mass is 9.79. The van der Waals surface area contributed by atoms with E-state index in [0.717, 1.165) is 18.5 Å². The second kappa shape index (κ2) is 6.87. The fourth-order valence-corrected chi connectivity index (χ4v) is 4.12. The lowest BCUT2D eigenvalue weighted by molar-refractivity contribution is 0.131. The van der Waals surface area contributed by atoms with Crippen LogP contribution in [0.25, 0.3) is 0 Å². The van der Waals surface area contributed by atoms with Gasteiger partial charge in [0.1, 0.15) is 0 Å². The largest absolute Gasteiger partial charge is 0.396 e. The number of nitrogens with one attached hydrogen (secondary N) is 1. The minimum Gasteiger partial charge on any atom is -0.396 e. The van der Waals surface area contributed by atoms with Gasteiger partial charge in [-0.2, -0.15) is 11.8 Å². The molecule has 0 radical (unpaired) electrons. The molecule has 0 amide bonds. The van der Waals surface area contributed by atoms with E-state index in [4.69, 9.17) is 0 Å². The summed E-state index contributed by atoms with van der Waals surface area (Å²) in [7, 11) is 0. The van der Waals surface area contributed by atoms with Gasteiger partial charge in [0, 0.05) is 18.4 Å². The van der Waals surface area contributed by atoms with Gasteiger partial charge in [0.25, 0.3) is 0 Å². The van der Waals surface area contributed by atoms with Crippen molar-refractivity contribution < 1.29 is 5.11 Å². The van der Waals surface area contributed by atoms with Crippen LogP contribution in [-0.4, -0.2) is 35.8 Å². The molecule has 0 spiro atoms. The Labute approximate surface area is 104 Å². The first-order chi connectivity index (χ1) is 7.90. The van der Waals surface area contributed by atoms with E-state index in [0.29, 0.717) is 12.5 Å². The average molecular weight is 243 g/mol. The summed E-state index contributed by atoms with van der Waals surface area (Å²) >= 11 is 2.08. The van der Waals surface area contributed by atoms with Crippen molar-refractivity contribution in [3.05, 3.63) is 0 Å². The molecule has 2 N–H and O–H groups in total. The van der Waals surface area contributed by atoms with Gasteiger partial charge in [-0.15, -0.1) is 0 Å². The Kier molecular flexibility index (Phi) is 5.46. The van der Waals surface area contributed by atoms with Crippen LogP contribution in [0.5, 0.6) is 0 Å². The highest BCUT2D eigenvalue weighted by Gasteiger charge is 2.25. The Hall–Kier alpha value is 0.270. The molecule has 16 heavy (non-hydrogen) atoms. The highest BCUT2D eigenvalue weighted by Crippen LogP contribution is 2.29. The zero-order valence-corrected chi connectivity index (χ0v) is 11.0. The van der Waals surface area contributed by atoms with E-state index in [9.17, 15) is 5.11 Å². The third kappa shape index (κ3) is 3.64. The molecule has 2 aliphatic rings. The zero-order chi connectivity index (χ0) is 11.2. The van der Waals surface area contributed by atoms with Crippen LogP contribution in [0.4, 0.5) is 0 Å². The number of hydrogen-bond acceptors (Lipinski definition) is 3. The van der Waals surface area contributed by atoms with Gasteiger partial charge in [0.05, 0.1) is 0 Å². The molecule has 2 nitrogen and oxygen atoms in total. The second-order valence-electron chi connectivity index (χ2n) is 5.31. The molecule has 1 aliphatic carbocycles. The van der Waals surface area contributed by atoms with Gasteiger partial charge in [0.2, 0.25) is 0 Å². The van der Waals surface area contributed by atoms with Gasteiger partial charge < -0.3 is 10.4 Å². The van der Waals surface area contributed by atoms with Crippen LogP contribution in [0.15, 0.2) is 0 Å². The molecular weight excluding hydrogens is 218 g/mol. The van der Waals surface area contributed by atoms with Crippen molar-refractivity contribution >= 4 is 11.8 Å². The molecule has 94 valence electrons. The Morgan fingerprint density at radius 1 is 1.06 bits per heavy atom. The van der Waals surface area contributed by atoms with Crippen LogP contribution in [0.2, 0.25) is 0 Å². The fourth-order valence-electron chi connectivity index (χ4n) is 3.01. The molecule has 1 saturated carbocycles. The highest BCUT2D eigenvalue weighted by atomic mass is 32.2. The second-order valence-corrected chi connectivity index (χ2v) is 6.46. The van der Waals surface area contributed by atoms with Crippen molar-refractivity contribution in [3.8, 4) is 0 Å². The minimum absolute atomic E-state index is 0.395. The molecule has 2 fully saturated rings. The van der Waals surface area contributed by atoms with E-state index in [1.54, 1.807) is 0 Å². The van der Waals surface area contributed by atoms with Crippen LogP contribution in [0.1, 0.15) is 38.5 Å². The molecule has 2 rings (SSSR count). The summed E-state index contributed by atoms with van der Waals surface area (Å²) in [6.07, 6.45) is 7.96. The summed E-state index contributed by atoms with van der Waals surface area (Å²) < 4.78 is 0. The van der Waals surface area contributed by atoms with Crippen molar-refractivity contribution in [3.63, 3.8) is 0 Å². The SMILES string of the molecule is OCC1CCCCC1CNC1CCCSC1. The van der Waals surface area contributed by atoms with Crippen molar-refractivity contribution in [2.45, 2.75) is 44.6 Å². The van der Waals surface area contributed by atoms with Crippen molar-refractivity contribution in [1.82, 2.24) is 5.32 Å². The maximum absolute atomic E-state index is 9.37. The third-order valence-corrected chi connectivity index (χ3v) is 5.35. The fraction of sp³-hybridized carbons (Fsp3) is 1.00. The average Bonchev–Trinajstić information content (AvgIpc) is 2.38. The topological polar surface area (TPSA) is 32.3 Å². The summed E-state index contributed by atoms with van der Waals surface area (Å²) in [5.41, 5.74) is 0. The van der Waals surface area contributed by atoms with Gasteiger partial charge in [-0.1, -0.05) is 12.8 Å². The lowest BCUT2D eigenvalue weighted by Gasteiger charge is -2.32. The molecule has 0 bridgehead atoms. The molecule has 3 unspecified atom stereocenters. The normalized spacial score (nSPS) is 36.2. The van der Waals surface area contributed by atoms with Crippen LogP contribution in [0, 0.1) is 11.8 Å². The molecule has 0 aromatic rings. The van der Waals surface area contributed by atoms with Crippen molar-refractivity contribution in [1.29, 1.82) is 0 Å². The standard InChI is InChI=1S/C13H25NOS/c15-9-12-5-2-1-4-11(12)8-14-13-6-3-7-16-10-13/h11-15H,1-10H2. The summed E-state index contributed by atoms with van der Waals surface area (Å²) in [5.74, 6) is 3.93. The van der Waals surface area contributed by atoms with Crippen molar-refractivity contribution in [2.75, 3.05) is 24.7 Å². The monoisotopic (exact) mass is 243 g/mol. The lowest BCUT2D eigenvalue weighted by Crippen LogP contribution is -2.40. The van der Waals surface area contributed by atoms with E-state index in [1.807, 2.05) is 0 Å². The molecule has 0 aromatic carbocycles. The summed E-state index contributed by atoms with van der Waals surface area (Å²) in [6.45, 7) is 1.53. The highest BCUT2D eigenvalue weighted by molar-refractivity contribution is 7.99. The van der Waals surface area contributed by atoms with Crippen molar-refractivity contribution in [2.24, 2.45) is 11.8 Å². The number of hydrogen-bond donors (Lipinski definition) is 2. The predicted octanol–water partition coefficient (Wildman–Crippen LogP) is 2.27. The number of rotatable bonds is 4. The summed E-state index contributed by atoms with van der Waals surface area (Å²) in [6, 6.07) is 0.736. The maximum atomic E-state index is 9.37. The molecule has 1 saturated heterocycles. The van der Waals surface area contributed by atoms with Crippen LogP contribution in [0.3, 0.4) is 0 Å². The maximum Gasteiger partial charge on any atom is 0.0462 e. The molecule has 1 heterocycles. The Bertz CT molecular complexity index is 194. The first-order valence-corrected chi connectivity index (χ1v) is 7.97. The molecule has 3 atom stereocenters. The third-order valence-electron chi connectivity index (χ3n) is 4.13. The quantitative estimate of drug-likeness (QED) is 0.794. The smallest absolute Gasteiger partial charge is 0.0462 e. The Balaban J connectivity index is 1.70. The van der Waals surface area contributed by atoms with E-state index in [2.05, 4.69) is 17.1 Å². The van der Waals surface area contributed by atoms with E-state index in [1.165, 1.54) is 50.0 Å². The number of aliphatic hydroxyl groups excluding tert-OH is 1.